The molecule has 0 aliphatic heterocycles. The number of rotatable bonds is 4. The molecule has 0 aliphatic rings. The summed E-state index contributed by atoms with van der Waals surface area (Å²) >= 11 is 1.41. The molecule has 138 valence electrons. The minimum absolute atomic E-state index is 0.356. The molecule has 0 fully saturated rings. The lowest BCUT2D eigenvalue weighted by molar-refractivity contribution is 0.0987. The molecule has 0 saturated heterocycles. The van der Waals surface area contributed by atoms with Crippen molar-refractivity contribution in [3.63, 3.8) is 0 Å². The predicted molar refractivity (Wildman–Crippen MR) is 110 cm³/mol. The van der Waals surface area contributed by atoms with Crippen molar-refractivity contribution in [2.45, 2.75) is 6.54 Å². The number of primary amides is 1. The molecule has 28 heavy (non-hydrogen) atoms. The number of nitrogens with two attached hydrogens (primary N) is 1. The minimum atomic E-state index is -0.526. The van der Waals surface area contributed by atoms with Gasteiger partial charge in [0.15, 0.2) is 4.80 Å². The van der Waals surface area contributed by atoms with Crippen molar-refractivity contribution in [3.8, 4) is 0 Å². The fourth-order valence-electron chi connectivity index (χ4n) is 3.05. The van der Waals surface area contributed by atoms with Gasteiger partial charge in [0.2, 0.25) is 5.91 Å². The summed E-state index contributed by atoms with van der Waals surface area (Å²) in [6.07, 6.45) is 1.93. The van der Waals surface area contributed by atoms with Crippen molar-refractivity contribution < 1.29 is 9.59 Å². The Morgan fingerprint density at radius 1 is 0.929 bits per heavy atom. The number of benzene rings is 3. The van der Waals surface area contributed by atoms with Gasteiger partial charge in [-0.25, -0.2) is 0 Å². The maximum absolute atomic E-state index is 12.5. The van der Waals surface area contributed by atoms with Gasteiger partial charge in [-0.1, -0.05) is 42.5 Å². The quantitative estimate of drug-likeness (QED) is 0.581. The number of hydrogen-bond acceptors (Lipinski definition) is 3. The lowest BCUT2D eigenvalue weighted by Crippen LogP contribution is -2.17. The first-order valence-electron chi connectivity index (χ1n) is 8.71. The first-order valence-corrected chi connectivity index (χ1v) is 9.59. The fourth-order valence-corrected chi connectivity index (χ4v) is 3.78. The van der Waals surface area contributed by atoms with Crippen LogP contribution >= 0.6 is 11.3 Å². The summed E-state index contributed by atoms with van der Waals surface area (Å²) in [5.74, 6) is -0.882. The second-order valence-corrected chi connectivity index (χ2v) is 7.18. The van der Waals surface area contributed by atoms with Gasteiger partial charge in [0, 0.05) is 22.7 Å². The number of carbonyl (C=O) groups excluding carboxylic acids is 2. The van der Waals surface area contributed by atoms with E-state index in [0.717, 1.165) is 5.56 Å². The Kier molecular flexibility index (Phi) is 4.87. The van der Waals surface area contributed by atoms with Crippen molar-refractivity contribution >= 4 is 33.9 Å². The molecule has 4 rings (SSSR count). The Morgan fingerprint density at radius 2 is 1.64 bits per heavy atom. The average molecular weight is 387 g/mol. The van der Waals surface area contributed by atoms with Crippen LogP contribution in [0.2, 0.25) is 0 Å². The Labute approximate surface area is 165 Å². The first kappa shape index (κ1) is 17.9. The van der Waals surface area contributed by atoms with Crippen molar-refractivity contribution in [2.75, 3.05) is 0 Å². The monoisotopic (exact) mass is 387 g/mol. The minimum Gasteiger partial charge on any atom is -0.366 e. The maximum Gasteiger partial charge on any atom is 0.279 e. The third kappa shape index (κ3) is 3.63. The summed E-state index contributed by atoms with van der Waals surface area (Å²) in [5.41, 5.74) is 7.17. The standard InChI is InChI=1S/C22H17N3O2S/c23-20(26)16-8-10-17(11-9-16)21(27)24-22-25(12-13-28-22)14-18-6-3-5-15-4-1-2-7-19(15)18/h1-13H,14H2,(H2,23,26). The summed E-state index contributed by atoms with van der Waals surface area (Å²) in [4.78, 5) is 28.6. The molecular formula is C22H17N3O2S. The van der Waals surface area contributed by atoms with Crippen molar-refractivity contribution in [3.05, 3.63) is 99.8 Å². The summed E-state index contributed by atoms with van der Waals surface area (Å²) < 4.78 is 1.96. The summed E-state index contributed by atoms with van der Waals surface area (Å²) in [6, 6.07) is 20.6. The molecule has 0 aliphatic carbocycles. The average Bonchev–Trinajstić information content (AvgIpc) is 3.15. The van der Waals surface area contributed by atoms with Crippen LogP contribution in [-0.4, -0.2) is 16.4 Å². The third-order valence-electron chi connectivity index (χ3n) is 4.49. The largest absolute Gasteiger partial charge is 0.366 e. The van der Waals surface area contributed by atoms with E-state index in [1.54, 1.807) is 12.1 Å². The van der Waals surface area contributed by atoms with Crippen molar-refractivity contribution in [1.82, 2.24) is 4.57 Å². The third-order valence-corrected chi connectivity index (χ3v) is 5.29. The Balaban J connectivity index is 1.65. The van der Waals surface area contributed by atoms with Crippen molar-refractivity contribution in [2.24, 2.45) is 10.7 Å². The van der Waals surface area contributed by atoms with E-state index in [1.807, 2.05) is 34.3 Å². The number of fused-ring (bicyclic) bond motifs is 1. The van der Waals surface area contributed by atoms with Gasteiger partial charge in [0.05, 0.1) is 6.54 Å². The highest BCUT2D eigenvalue weighted by molar-refractivity contribution is 7.07. The second kappa shape index (κ2) is 7.62. The molecule has 2 amide bonds. The van der Waals surface area contributed by atoms with Crippen LogP contribution in [0.15, 0.2) is 83.3 Å². The van der Waals surface area contributed by atoms with Crippen LogP contribution in [0.25, 0.3) is 10.8 Å². The lowest BCUT2D eigenvalue weighted by atomic mass is 10.0. The number of aromatic nitrogens is 1. The number of thiazole rings is 1. The van der Waals surface area contributed by atoms with E-state index in [1.165, 1.54) is 34.2 Å². The van der Waals surface area contributed by atoms with E-state index in [4.69, 9.17) is 5.73 Å². The van der Waals surface area contributed by atoms with Gasteiger partial charge in [-0.2, -0.15) is 4.99 Å². The molecule has 0 saturated carbocycles. The van der Waals surface area contributed by atoms with Gasteiger partial charge in [-0.3, -0.25) is 9.59 Å². The van der Waals surface area contributed by atoms with Crippen LogP contribution in [0.3, 0.4) is 0 Å². The van der Waals surface area contributed by atoms with E-state index in [2.05, 4.69) is 29.3 Å². The molecule has 0 unspecified atom stereocenters. The maximum atomic E-state index is 12.5. The highest BCUT2D eigenvalue weighted by atomic mass is 32.1. The number of hydrogen-bond donors (Lipinski definition) is 1. The Bertz CT molecular complexity index is 1230. The van der Waals surface area contributed by atoms with Gasteiger partial charge in [0.1, 0.15) is 0 Å². The Morgan fingerprint density at radius 3 is 2.43 bits per heavy atom. The lowest BCUT2D eigenvalue weighted by Gasteiger charge is -2.07. The molecule has 0 radical (unpaired) electrons. The van der Waals surface area contributed by atoms with E-state index >= 15 is 0 Å². The predicted octanol–water partition coefficient (Wildman–Crippen LogP) is 3.59. The van der Waals surface area contributed by atoms with Gasteiger partial charge in [-0.15, -0.1) is 11.3 Å². The summed E-state index contributed by atoms with van der Waals surface area (Å²) in [5, 5.41) is 4.27. The van der Waals surface area contributed by atoms with Crippen LogP contribution in [0.1, 0.15) is 26.3 Å². The topological polar surface area (TPSA) is 77.5 Å². The highest BCUT2D eigenvalue weighted by Gasteiger charge is 2.08. The second-order valence-electron chi connectivity index (χ2n) is 6.31. The van der Waals surface area contributed by atoms with Gasteiger partial charge in [-0.05, 0) is 40.6 Å². The summed E-state index contributed by atoms with van der Waals surface area (Å²) in [6.45, 7) is 0.623. The van der Waals surface area contributed by atoms with Crippen LogP contribution in [-0.2, 0) is 6.54 Å². The smallest absolute Gasteiger partial charge is 0.279 e. The van der Waals surface area contributed by atoms with Gasteiger partial charge >= 0.3 is 0 Å². The fraction of sp³-hybridized carbons (Fsp3) is 0.0455. The molecular weight excluding hydrogens is 370 g/mol. The first-order chi connectivity index (χ1) is 13.6. The SMILES string of the molecule is NC(=O)c1ccc(C(=O)N=c2sccn2Cc2cccc3ccccc23)cc1. The summed E-state index contributed by atoms with van der Waals surface area (Å²) in [7, 11) is 0. The zero-order chi connectivity index (χ0) is 19.5. The molecule has 6 heteroatoms. The van der Waals surface area contributed by atoms with Gasteiger partial charge < -0.3 is 10.3 Å². The number of carbonyl (C=O) groups is 2. The highest BCUT2D eigenvalue weighted by Crippen LogP contribution is 2.19. The van der Waals surface area contributed by atoms with E-state index < -0.39 is 5.91 Å². The number of nitrogens with zero attached hydrogens (tertiary/aromatic N) is 2. The normalized spacial score (nSPS) is 11.6. The zero-order valence-corrected chi connectivity index (χ0v) is 15.7. The van der Waals surface area contributed by atoms with Crippen LogP contribution in [0, 0.1) is 0 Å². The molecule has 1 heterocycles. The Hall–Kier alpha value is -3.51. The molecule has 4 aromatic rings. The van der Waals surface area contributed by atoms with E-state index in [9.17, 15) is 9.59 Å². The molecule has 0 atom stereocenters. The van der Waals surface area contributed by atoms with Crippen LogP contribution < -0.4 is 10.5 Å². The molecule has 5 nitrogen and oxygen atoms in total. The molecule has 0 spiro atoms. The van der Waals surface area contributed by atoms with Crippen LogP contribution in [0.4, 0.5) is 0 Å². The molecule has 3 aromatic carbocycles. The molecule has 0 bridgehead atoms. The van der Waals surface area contributed by atoms with Crippen molar-refractivity contribution in [1.29, 1.82) is 0 Å². The number of amides is 2. The van der Waals surface area contributed by atoms with Gasteiger partial charge in [0.25, 0.3) is 5.91 Å². The molecule has 2 N–H and O–H groups in total. The van der Waals surface area contributed by atoms with Crippen LogP contribution in [0.5, 0.6) is 0 Å². The van der Waals surface area contributed by atoms with E-state index in [0.29, 0.717) is 22.5 Å². The zero-order valence-electron chi connectivity index (χ0n) is 14.9. The van der Waals surface area contributed by atoms with E-state index in [-0.39, 0.29) is 5.91 Å². The molecule has 1 aromatic heterocycles.